The molecule has 2 heterocycles. The van der Waals surface area contributed by atoms with Gasteiger partial charge in [-0.1, -0.05) is 30.3 Å². The van der Waals surface area contributed by atoms with Gasteiger partial charge in [-0.15, -0.1) is 0 Å². The molecule has 204 valence electrons. The van der Waals surface area contributed by atoms with Gasteiger partial charge in [0.15, 0.2) is 0 Å². The fourth-order valence-electron chi connectivity index (χ4n) is 5.90. The molecule has 0 radical (unpaired) electrons. The predicted octanol–water partition coefficient (Wildman–Crippen LogP) is 3.58. The maximum atomic E-state index is 13.4. The molecule has 2 aliphatic heterocycles. The minimum Gasteiger partial charge on any atom is -0.342 e. The number of hydrogen-bond acceptors (Lipinski definition) is 5. The van der Waals surface area contributed by atoms with Crippen molar-refractivity contribution < 1.29 is 18.0 Å². The van der Waals surface area contributed by atoms with Crippen LogP contribution in [0.25, 0.3) is 11.1 Å². The summed E-state index contributed by atoms with van der Waals surface area (Å²) >= 11 is 0. The Labute approximate surface area is 229 Å². The lowest BCUT2D eigenvalue weighted by Crippen LogP contribution is -2.55. The van der Waals surface area contributed by atoms with Crippen LogP contribution in [0, 0.1) is 18.8 Å². The van der Waals surface area contributed by atoms with Gasteiger partial charge in [0.1, 0.15) is 11.4 Å². The van der Waals surface area contributed by atoms with E-state index in [1.54, 1.807) is 7.05 Å². The summed E-state index contributed by atoms with van der Waals surface area (Å²) in [5.74, 6) is 1.63. The van der Waals surface area contributed by atoms with E-state index < -0.39 is 15.6 Å². The number of amides is 2. The lowest BCUT2D eigenvalue weighted by Gasteiger charge is -2.41. The Morgan fingerprint density at radius 2 is 1.77 bits per heavy atom. The van der Waals surface area contributed by atoms with E-state index in [0.29, 0.717) is 12.2 Å². The van der Waals surface area contributed by atoms with Crippen LogP contribution < -0.4 is 4.31 Å². The van der Waals surface area contributed by atoms with Crippen molar-refractivity contribution in [2.24, 2.45) is 16.8 Å². The summed E-state index contributed by atoms with van der Waals surface area (Å²) in [6, 6.07) is 13.8. The van der Waals surface area contributed by atoms with Crippen molar-refractivity contribution in [2.45, 2.75) is 56.2 Å². The van der Waals surface area contributed by atoms with Gasteiger partial charge >= 0.3 is 0 Å². The first-order chi connectivity index (χ1) is 18.7. The number of likely N-dealkylation sites (tertiary alicyclic amines) is 1. The zero-order valence-electron chi connectivity index (χ0n) is 22.5. The zero-order chi connectivity index (χ0) is 27.1. The molecular weight excluding hydrogens is 512 g/mol. The second-order valence-electron chi connectivity index (χ2n) is 12.1. The first-order valence-electron chi connectivity index (χ1n) is 14.1. The average Bonchev–Trinajstić information content (AvgIpc) is 3.75. The molecule has 7 rings (SSSR count). The summed E-state index contributed by atoms with van der Waals surface area (Å²) in [4.78, 5) is 34.5. The molecule has 9 heteroatoms. The third kappa shape index (κ3) is 4.26. The minimum absolute atomic E-state index is 0.0977. The standard InChI is InChI=1S/C30H34N4O4S/c1-19-14-23(22-4-3-5-24(15-22)32(2)39(37,38)25-9-10-25)8-11-26(19)27-31-30(12-13-30)29(36)34(27)18-20-16-33(17-20)28(35)21-6-7-21/h3-5,8,11,14-15,20-21,25H,6-7,9-10,12-13,16-18H2,1-2H3. The van der Waals surface area contributed by atoms with Crippen LogP contribution in [-0.4, -0.2) is 73.3 Å². The Morgan fingerprint density at radius 1 is 1.05 bits per heavy atom. The van der Waals surface area contributed by atoms with Crippen LogP contribution >= 0.6 is 0 Å². The molecule has 2 amide bonds. The maximum Gasteiger partial charge on any atom is 0.256 e. The zero-order valence-corrected chi connectivity index (χ0v) is 23.3. The highest BCUT2D eigenvalue weighted by Gasteiger charge is 2.58. The average molecular weight is 547 g/mol. The highest BCUT2D eigenvalue weighted by atomic mass is 32.2. The molecule has 4 fully saturated rings. The molecule has 2 aromatic carbocycles. The predicted molar refractivity (Wildman–Crippen MR) is 150 cm³/mol. The van der Waals surface area contributed by atoms with Crippen molar-refractivity contribution in [2.75, 3.05) is 31.0 Å². The number of rotatable bonds is 8. The van der Waals surface area contributed by atoms with E-state index in [-0.39, 0.29) is 28.9 Å². The van der Waals surface area contributed by atoms with Crippen LogP contribution in [0.2, 0.25) is 0 Å². The van der Waals surface area contributed by atoms with Crippen molar-refractivity contribution >= 4 is 33.4 Å². The lowest BCUT2D eigenvalue weighted by atomic mass is 9.96. The number of sulfonamides is 1. The number of benzene rings is 2. The number of carbonyl (C=O) groups excluding carboxylic acids is 2. The minimum atomic E-state index is -3.32. The molecule has 3 aliphatic carbocycles. The molecule has 39 heavy (non-hydrogen) atoms. The summed E-state index contributed by atoms with van der Waals surface area (Å²) in [6.07, 6.45) is 5.08. The number of carbonyl (C=O) groups is 2. The number of anilines is 1. The molecule has 1 spiro atoms. The molecule has 0 atom stereocenters. The molecule has 0 N–H and O–H groups in total. The molecule has 0 unspecified atom stereocenters. The monoisotopic (exact) mass is 546 g/mol. The number of aryl methyl sites for hydroxylation is 1. The largest absolute Gasteiger partial charge is 0.342 e. The highest BCUT2D eigenvalue weighted by Crippen LogP contribution is 2.47. The number of aliphatic imine (C=N–C) groups is 1. The summed E-state index contributed by atoms with van der Waals surface area (Å²) in [7, 11) is -1.69. The first-order valence-corrected chi connectivity index (χ1v) is 15.6. The van der Waals surface area contributed by atoms with Gasteiger partial charge < -0.3 is 4.90 Å². The Kier molecular flexibility index (Phi) is 5.50. The van der Waals surface area contributed by atoms with E-state index in [1.165, 1.54) is 4.31 Å². The third-order valence-corrected chi connectivity index (χ3v) is 11.2. The summed E-state index contributed by atoms with van der Waals surface area (Å²) in [5.41, 5.74) is 3.97. The maximum absolute atomic E-state index is 13.4. The van der Waals surface area contributed by atoms with Gasteiger partial charge in [0.2, 0.25) is 15.9 Å². The molecule has 1 saturated heterocycles. The van der Waals surface area contributed by atoms with E-state index in [0.717, 1.165) is 79.7 Å². The molecule has 5 aliphatic rings. The fraction of sp³-hybridized carbons (Fsp3) is 0.500. The number of hydrogen-bond donors (Lipinski definition) is 0. The quantitative estimate of drug-likeness (QED) is 0.506. The second-order valence-corrected chi connectivity index (χ2v) is 14.3. The molecule has 0 bridgehead atoms. The number of nitrogens with zero attached hydrogens (tertiary/aromatic N) is 4. The normalized spacial score (nSPS) is 22.2. The Hall–Kier alpha value is -3.20. The van der Waals surface area contributed by atoms with E-state index in [2.05, 4.69) is 6.07 Å². The van der Waals surface area contributed by atoms with Gasteiger partial charge in [-0.3, -0.25) is 23.8 Å². The van der Waals surface area contributed by atoms with Crippen LogP contribution in [0.5, 0.6) is 0 Å². The van der Waals surface area contributed by atoms with E-state index in [1.807, 2.05) is 53.1 Å². The Bertz CT molecular complexity index is 1520. The molecule has 2 aromatic rings. The number of amidine groups is 1. The van der Waals surface area contributed by atoms with Crippen LogP contribution in [0.1, 0.15) is 49.7 Å². The van der Waals surface area contributed by atoms with Gasteiger partial charge in [-0.25, -0.2) is 8.42 Å². The van der Waals surface area contributed by atoms with E-state index >= 15 is 0 Å². The Balaban J connectivity index is 1.12. The van der Waals surface area contributed by atoms with Crippen molar-refractivity contribution in [3.05, 3.63) is 53.6 Å². The van der Waals surface area contributed by atoms with Gasteiger partial charge in [-0.05, 0) is 74.3 Å². The molecule has 0 aromatic heterocycles. The van der Waals surface area contributed by atoms with Crippen LogP contribution in [0.4, 0.5) is 5.69 Å². The smallest absolute Gasteiger partial charge is 0.256 e. The second kappa shape index (κ2) is 8.65. The highest BCUT2D eigenvalue weighted by molar-refractivity contribution is 7.93. The lowest BCUT2D eigenvalue weighted by molar-refractivity contribution is -0.139. The molecule has 8 nitrogen and oxygen atoms in total. The Morgan fingerprint density at radius 3 is 2.41 bits per heavy atom. The van der Waals surface area contributed by atoms with Crippen molar-refractivity contribution in [1.29, 1.82) is 0 Å². The van der Waals surface area contributed by atoms with Gasteiger partial charge in [0.25, 0.3) is 5.91 Å². The third-order valence-electron chi connectivity index (χ3n) is 8.92. The van der Waals surface area contributed by atoms with Gasteiger partial charge in [0, 0.05) is 44.1 Å². The molecule has 3 saturated carbocycles. The van der Waals surface area contributed by atoms with Crippen molar-refractivity contribution in [3.63, 3.8) is 0 Å². The summed E-state index contributed by atoms with van der Waals surface area (Å²) in [6.45, 7) is 4.07. The summed E-state index contributed by atoms with van der Waals surface area (Å²) < 4.78 is 26.9. The van der Waals surface area contributed by atoms with Crippen molar-refractivity contribution in [1.82, 2.24) is 9.80 Å². The molecular formula is C30H34N4O4S. The van der Waals surface area contributed by atoms with Gasteiger partial charge in [-0.2, -0.15) is 0 Å². The van der Waals surface area contributed by atoms with Crippen molar-refractivity contribution in [3.8, 4) is 11.1 Å². The van der Waals surface area contributed by atoms with E-state index in [9.17, 15) is 18.0 Å². The topological polar surface area (TPSA) is 90.4 Å². The van der Waals surface area contributed by atoms with Gasteiger partial charge in [0.05, 0.1) is 10.9 Å². The van der Waals surface area contributed by atoms with E-state index in [4.69, 9.17) is 4.99 Å². The van der Waals surface area contributed by atoms with Crippen LogP contribution in [0.15, 0.2) is 47.5 Å². The van der Waals surface area contributed by atoms with Crippen LogP contribution in [0.3, 0.4) is 0 Å². The summed E-state index contributed by atoms with van der Waals surface area (Å²) in [5, 5.41) is -0.262. The van der Waals surface area contributed by atoms with Crippen LogP contribution in [-0.2, 0) is 19.6 Å². The SMILES string of the molecule is Cc1cc(-c2cccc(N(C)S(=O)(=O)C3CC3)c2)ccc1C1=NC2(CC2)C(=O)N1CC1CN(C(=O)C2CC2)C1. The first kappa shape index (κ1) is 24.8. The fourth-order valence-corrected chi connectivity index (χ4v) is 7.49.